The number of anilines is 2. The maximum atomic E-state index is 12.4. The highest BCUT2D eigenvalue weighted by atomic mass is 16.4. The number of nitrogens with one attached hydrogen (secondary N) is 2. The zero-order chi connectivity index (χ0) is 26.1. The molecule has 0 spiro atoms. The van der Waals surface area contributed by atoms with Gasteiger partial charge in [-0.3, -0.25) is 14.4 Å². The SMILES string of the molecule is CC(C)C(=O)Nc1cccc(C(=O)O)c1.Cc1cccc(C)c1NC(=O)[C@H]1CCCC[C@H]1C(=O)O. The van der Waals surface area contributed by atoms with Crippen LogP contribution in [0, 0.1) is 31.6 Å². The lowest BCUT2D eigenvalue weighted by Crippen LogP contribution is -2.36. The van der Waals surface area contributed by atoms with Crippen LogP contribution in [0.4, 0.5) is 11.4 Å². The molecule has 188 valence electrons. The molecule has 3 rings (SSSR count). The van der Waals surface area contributed by atoms with E-state index < -0.39 is 23.8 Å². The van der Waals surface area contributed by atoms with Crippen molar-refractivity contribution in [3.8, 4) is 0 Å². The summed E-state index contributed by atoms with van der Waals surface area (Å²) >= 11 is 0. The van der Waals surface area contributed by atoms with Gasteiger partial charge >= 0.3 is 11.9 Å². The van der Waals surface area contributed by atoms with Gasteiger partial charge in [-0.05, 0) is 56.0 Å². The average molecular weight is 483 g/mol. The first-order valence-electron chi connectivity index (χ1n) is 11.7. The number of hydrogen-bond donors (Lipinski definition) is 4. The molecular weight excluding hydrogens is 448 g/mol. The van der Waals surface area contributed by atoms with E-state index in [-0.39, 0.29) is 23.3 Å². The fourth-order valence-electron chi connectivity index (χ4n) is 3.98. The molecular formula is C27H34N2O6. The van der Waals surface area contributed by atoms with E-state index in [1.165, 1.54) is 12.1 Å². The van der Waals surface area contributed by atoms with Gasteiger partial charge in [0.15, 0.2) is 0 Å². The van der Waals surface area contributed by atoms with Crippen LogP contribution >= 0.6 is 0 Å². The number of carboxylic acid groups (broad SMARTS) is 2. The predicted molar refractivity (Wildman–Crippen MR) is 134 cm³/mol. The van der Waals surface area contributed by atoms with Crippen molar-refractivity contribution in [2.24, 2.45) is 17.8 Å². The van der Waals surface area contributed by atoms with E-state index in [0.29, 0.717) is 18.5 Å². The highest BCUT2D eigenvalue weighted by molar-refractivity contribution is 5.96. The zero-order valence-corrected chi connectivity index (χ0v) is 20.6. The average Bonchev–Trinajstić information content (AvgIpc) is 2.82. The molecule has 2 atom stereocenters. The van der Waals surface area contributed by atoms with E-state index in [1.54, 1.807) is 26.0 Å². The van der Waals surface area contributed by atoms with Crippen molar-refractivity contribution in [1.82, 2.24) is 0 Å². The summed E-state index contributed by atoms with van der Waals surface area (Å²) in [7, 11) is 0. The monoisotopic (exact) mass is 482 g/mol. The van der Waals surface area contributed by atoms with Crippen LogP contribution in [-0.2, 0) is 14.4 Å². The largest absolute Gasteiger partial charge is 0.481 e. The number of benzene rings is 2. The van der Waals surface area contributed by atoms with E-state index in [0.717, 1.165) is 29.7 Å². The first-order valence-corrected chi connectivity index (χ1v) is 11.7. The summed E-state index contributed by atoms with van der Waals surface area (Å²) in [5.41, 5.74) is 3.49. The quantitative estimate of drug-likeness (QED) is 0.452. The lowest BCUT2D eigenvalue weighted by molar-refractivity contribution is -0.147. The molecule has 8 nitrogen and oxygen atoms in total. The normalized spacial score (nSPS) is 17.1. The van der Waals surface area contributed by atoms with Gasteiger partial charge in [-0.2, -0.15) is 0 Å². The highest BCUT2D eigenvalue weighted by Gasteiger charge is 2.35. The number of carbonyl (C=O) groups excluding carboxylic acids is 2. The third kappa shape index (κ3) is 7.95. The third-order valence-electron chi connectivity index (χ3n) is 6.05. The number of aryl methyl sites for hydroxylation is 2. The predicted octanol–water partition coefficient (Wildman–Crippen LogP) is 5.11. The number of rotatable bonds is 6. The number of amides is 2. The van der Waals surface area contributed by atoms with Crippen molar-refractivity contribution in [2.75, 3.05) is 10.6 Å². The van der Waals surface area contributed by atoms with Crippen LogP contribution in [0.5, 0.6) is 0 Å². The minimum Gasteiger partial charge on any atom is -0.481 e. The second-order valence-electron chi connectivity index (χ2n) is 9.12. The number of aromatic carboxylic acids is 1. The fourth-order valence-corrected chi connectivity index (χ4v) is 3.98. The minimum absolute atomic E-state index is 0.126. The molecule has 1 fully saturated rings. The van der Waals surface area contributed by atoms with Crippen molar-refractivity contribution in [1.29, 1.82) is 0 Å². The molecule has 35 heavy (non-hydrogen) atoms. The molecule has 1 aliphatic rings. The second kappa shape index (κ2) is 12.7. The number of hydrogen-bond acceptors (Lipinski definition) is 4. The van der Waals surface area contributed by atoms with Gasteiger partial charge in [0.2, 0.25) is 11.8 Å². The van der Waals surface area contributed by atoms with Gasteiger partial charge < -0.3 is 20.8 Å². The molecule has 0 radical (unpaired) electrons. The molecule has 2 amide bonds. The molecule has 4 N–H and O–H groups in total. The van der Waals surface area contributed by atoms with Gasteiger partial charge in [-0.25, -0.2) is 4.79 Å². The lowest BCUT2D eigenvalue weighted by Gasteiger charge is -2.28. The Hall–Kier alpha value is -3.68. The van der Waals surface area contributed by atoms with E-state index in [4.69, 9.17) is 5.11 Å². The van der Waals surface area contributed by atoms with E-state index in [1.807, 2.05) is 32.0 Å². The van der Waals surface area contributed by atoms with Gasteiger partial charge in [-0.15, -0.1) is 0 Å². The molecule has 8 heteroatoms. The van der Waals surface area contributed by atoms with Crippen LogP contribution in [0.2, 0.25) is 0 Å². The summed E-state index contributed by atoms with van der Waals surface area (Å²) in [5, 5.41) is 23.6. The molecule has 1 aliphatic carbocycles. The Kier molecular flexibility index (Phi) is 9.99. The Bertz CT molecular complexity index is 1060. The Morgan fingerprint density at radius 3 is 1.97 bits per heavy atom. The van der Waals surface area contributed by atoms with Crippen LogP contribution in [0.15, 0.2) is 42.5 Å². The summed E-state index contributed by atoms with van der Waals surface area (Å²) in [5.74, 6) is -3.24. The van der Waals surface area contributed by atoms with Crippen molar-refractivity contribution in [2.45, 2.75) is 53.4 Å². The smallest absolute Gasteiger partial charge is 0.335 e. The van der Waals surface area contributed by atoms with Crippen LogP contribution in [-0.4, -0.2) is 34.0 Å². The molecule has 0 saturated heterocycles. The topological polar surface area (TPSA) is 133 Å². The maximum absolute atomic E-state index is 12.4. The summed E-state index contributed by atoms with van der Waals surface area (Å²) in [6.45, 7) is 7.43. The minimum atomic E-state index is -1.00. The Balaban J connectivity index is 0.000000258. The van der Waals surface area contributed by atoms with Gasteiger partial charge in [-0.1, -0.05) is 51.0 Å². The Morgan fingerprint density at radius 1 is 0.857 bits per heavy atom. The molecule has 0 heterocycles. The van der Waals surface area contributed by atoms with Crippen molar-refractivity contribution in [3.05, 3.63) is 59.2 Å². The van der Waals surface area contributed by atoms with Gasteiger partial charge in [0.25, 0.3) is 0 Å². The van der Waals surface area contributed by atoms with Gasteiger partial charge in [0.1, 0.15) is 0 Å². The molecule has 2 aromatic carbocycles. The van der Waals surface area contributed by atoms with Crippen molar-refractivity contribution >= 4 is 35.1 Å². The first kappa shape index (κ1) is 27.6. The standard InChI is InChI=1S/C16H21NO3.C11H13NO3/c1-10-6-5-7-11(2)14(10)17-15(18)12-8-3-4-9-13(12)16(19)20;1-7(2)10(13)12-9-5-3-4-8(6-9)11(14)15/h5-7,12-13H,3-4,8-9H2,1-2H3,(H,17,18)(H,19,20);3-7H,1-2H3,(H,12,13)(H,14,15)/t12-,13+;/m0./s1. The molecule has 1 saturated carbocycles. The summed E-state index contributed by atoms with van der Waals surface area (Å²) in [6, 6.07) is 12.0. The Labute approximate surface area is 205 Å². The van der Waals surface area contributed by atoms with E-state index >= 15 is 0 Å². The summed E-state index contributed by atoms with van der Waals surface area (Å²) < 4.78 is 0. The van der Waals surface area contributed by atoms with Crippen LogP contribution in [0.3, 0.4) is 0 Å². The second-order valence-corrected chi connectivity index (χ2v) is 9.12. The lowest BCUT2D eigenvalue weighted by atomic mass is 9.78. The number of carboxylic acids is 2. The molecule has 0 unspecified atom stereocenters. The van der Waals surface area contributed by atoms with Crippen LogP contribution < -0.4 is 10.6 Å². The molecule has 0 bridgehead atoms. The summed E-state index contributed by atoms with van der Waals surface area (Å²) in [4.78, 5) is 45.7. The van der Waals surface area contributed by atoms with E-state index in [9.17, 15) is 24.3 Å². The van der Waals surface area contributed by atoms with Crippen molar-refractivity contribution < 1.29 is 29.4 Å². The number of aliphatic carboxylic acids is 1. The highest BCUT2D eigenvalue weighted by Crippen LogP contribution is 2.32. The molecule has 0 aliphatic heterocycles. The fraction of sp³-hybridized carbons (Fsp3) is 0.407. The third-order valence-corrected chi connectivity index (χ3v) is 6.05. The summed E-state index contributed by atoms with van der Waals surface area (Å²) in [6.07, 6.45) is 3.08. The van der Waals surface area contributed by atoms with Crippen LogP contribution in [0.25, 0.3) is 0 Å². The zero-order valence-electron chi connectivity index (χ0n) is 20.6. The molecule has 0 aromatic heterocycles. The molecule has 2 aromatic rings. The van der Waals surface area contributed by atoms with Gasteiger partial charge in [0, 0.05) is 17.3 Å². The van der Waals surface area contributed by atoms with Crippen molar-refractivity contribution in [3.63, 3.8) is 0 Å². The van der Waals surface area contributed by atoms with Gasteiger partial charge in [0.05, 0.1) is 17.4 Å². The van der Waals surface area contributed by atoms with E-state index in [2.05, 4.69) is 10.6 Å². The maximum Gasteiger partial charge on any atom is 0.335 e. The number of carbonyl (C=O) groups is 4. The Morgan fingerprint density at radius 2 is 1.43 bits per heavy atom. The number of para-hydroxylation sites is 1. The van der Waals surface area contributed by atoms with Crippen LogP contribution in [0.1, 0.15) is 61.0 Å². The first-order chi connectivity index (χ1) is 16.5.